The number of ketones is 1. The monoisotopic (exact) mass is 544 g/mol. The van der Waals surface area contributed by atoms with Gasteiger partial charge in [0.25, 0.3) is 0 Å². The van der Waals surface area contributed by atoms with Crippen molar-refractivity contribution in [3.63, 3.8) is 0 Å². The Morgan fingerprint density at radius 1 is 0.692 bits per heavy atom. The van der Waals surface area contributed by atoms with Crippen molar-refractivity contribution in [1.29, 1.82) is 0 Å². The van der Waals surface area contributed by atoms with E-state index in [1.807, 2.05) is 13.8 Å². The molecule has 0 fully saturated rings. The Morgan fingerprint density at radius 3 is 1.56 bits per heavy atom. The third kappa shape index (κ3) is 6.15. The van der Waals surface area contributed by atoms with E-state index in [0.717, 1.165) is 23.3 Å². The van der Waals surface area contributed by atoms with Crippen LogP contribution >= 0.6 is 0 Å². The van der Waals surface area contributed by atoms with Crippen molar-refractivity contribution in [3.8, 4) is 11.5 Å². The average Bonchev–Trinajstić information content (AvgIpc) is 2.88. The summed E-state index contributed by atoms with van der Waals surface area (Å²) in [7, 11) is 0. The van der Waals surface area contributed by atoms with Crippen molar-refractivity contribution in [2.75, 3.05) is 0 Å². The van der Waals surface area contributed by atoms with Crippen molar-refractivity contribution in [3.05, 3.63) is 95.1 Å². The molecule has 3 aromatic rings. The molecule has 0 aliphatic heterocycles. The number of hydrogen-bond acceptors (Lipinski definition) is 4. The minimum atomic E-state index is -4.12. The number of carbonyl (C=O) groups is 2. The molecular weight excluding hydrogens is 512 g/mol. The second kappa shape index (κ2) is 10.8. The predicted octanol–water partition coefficient (Wildman–Crippen LogP) is 7.90. The minimum Gasteiger partial charge on any atom is -0.508 e. The van der Waals surface area contributed by atoms with E-state index in [4.69, 9.17) is 4.74 Å². The molecule has 0 saturated carbocycles. The molecule has 0 aromatic heterocycles. The van der Waals surface area contributed by atoms with Crippen LogP contribution in [0.4, 0.5) is 17.6 Å². The third-order valence-corrected chi connectivity index (χ3v) is 7.02. The number of ether oxygens (including phenoxy) is 1. The van der Waals surface area contributed by atoms with E-state index in [-0.39, 0.29) is 17.9 Å². The van der Waals surface area contributed by atoms with E-state index in [0.29, 0.717) is 18.6 Å². The van der Waals surface area contributed by atoms with Crippen LogP contribution in [-0.2, 0) is 26.8 Å². The number of phenols is 1. The molecule has 0 radical (unpaired) electrons. The molecule has 8 heteroatoms. The number of phenolic OH excluding ortho intramolecular Hbond substituents is 1. The highest BCUT2D eigenvalue weighted by molar-refractivity contribution is 5.91. The van der Waals surface area contributed by atoms with E-state index < -0.39 is 45.6 Å². The fraction of sp³-hybridized carbons (Fsp3) is 0.355. The fourth-order valence-corrected chi connectivity index (χ4v) is 4.46. The number of hydrogen-bond donors (Lipinski definition) is 1. The Bertz CT molecular complexity index is 1310. The van der Waals surface area contributed by atoms with E-state index >= 15 is 0 Å². The van der Waals surface area contributed by atoms with Crippen molar-refractivity contribution in [2.24, 2.45) is 5.41 Å². The summed E-state index contributed by atoms with van der Waals surface area (Å²) in [4.78, 5) is 24.8. The number of carbonyl (C=O) groups excluding carboxylic acids is 2. The average molecular weight is 545 g/mol. The maximum absolute atomic E-state index is 14.9. The highest BCUT2D eigenvalue weighted by Gasteiger charge is 2.49. The molecule has 0 aliphatic rings. The Kier molecular flexibility index (Phi) is 8.29. The molecular formula is C31H32F4O4. The molecule has 3 aromatic carbocycles. The van der Waals surface area contributed by atoms with Crippen molar-refractivity contribution >= 4 is 11.8 Å². The van der Waals surface area contributed by atoms with Gasteiger partial charge in [-0.1, -0.05) is 89.6 Å². The van der Waals surface area contributed by atoms with Crippen molar-refractivity contribution in [1.82, 2.24) is 0 Å². The number of halogens is 4. The lowest BCUT2D eigenvalue weighted by Crippen LogP contribution is -2.38. The second-order valence-corrected chi connectivity index (χ2v) is 10.8. The third-order valence-electron chi connectivity index (χ3n) is 7.02. The van der Waals surface area contributed by atoms with E-state index in [9.17, 15) is 32.3 Å². The number of benzene rings is 3. The van der Waals surface area contributed by atoms with Gasteiger partial charge in [0, 0.05) is 22.0 Å². The minimum absolute atomic E-state index is 0.114. The first kappa shape index (κ1) is 29.9. The molecule has 208 valence electrons. The number of alkyl halides is 4. The molecule has 0 bridgehead atoms. The number of Topliss-reactive ketones (excluding diaryl/α,β-unsaturated/α-hetero) is 1. The molecule has 4 nitrogen and oxygen atoms in total. The standard InChI is InChI=1S/C31H32F4O4/c1-6-19-28(2,3)26(37)30(32,33)22-7-9-23(10-8-22)31(34,35)27(38)39-25-17-13-21(14-18-25)29(4,5)20-11-15-24(36)16-12-20/h7-18,36H,6,19H2,1-5H3. The zero-order valence-corrected chi connectivity index (χ0v) is 22.5. The van der Waals surface area contributed by atoms with Crippen LogP contribution in [0.25, 0.3) is 0 Å². The number of rotatable bonds is 10. The van der Waals surface area contributed by atoms with Gasteiger partial charge in [-0.3, -0.25) is 4.79 Å². The van der Waals surface area contributed by atoms with E-state index in [2.05, 4.69) is 0 Å². The predicted molar refractivity (Wildman–Crippen MR) is 140 cm³/mol. The van der Waals surface area contributed by atoms with Gasteiger partial charge in [-0.15, -0.1) is 0 Å². The molecule has 0 saturated heterocycles. The molecule has 3 rings (SSSR count). The van der Waals surface area contributed by atoms with Crippen molar-refractivity contribution < 1.29 is 37.0 Å². The highest BCUT2D eigenvalue weighted by Crippen LogP contribution is 2.40. The van der Waals surface area contributed by atoms with Gasteiger partial charge in [0.1, 0.15) is 11.5 Å². The van der Waals surface area contributed by atoms with Gasteiger partial charge in [-0.2, -0.15) is 17.6 Å². The molecule has 0 amide bonds. The topological polar surface area (TPSA) is 63.6 Å². The van der Waals surface area contributed by atoms with Crippen LogP contribution in [0.5, 0.6) is 11.5 Å². The van der Waals surface area contributed by atoms with E-state index in [1.165, 1.54) is 26.0 Å². The first-order chi connectivity index (χ1) is 18.0. The smallest absolute Gasteiger partial charge is 0.387 e. The summed E-state index contributed by atoms with van der Waals surface area (Å²) >= 11 is 0. The Morgan fingerprint density at radius 2 is 1.10 bits per heavy atom. The van der Waals surface area contributed by atoms with Crippen LogP contribution in [0.2, 0.25) is 0 Å². The molecule has 0 atom stereocenters. The zero-order valence-electron chi connectivity index (χ0n) is 22.5. The first-order valence-electron chi connectivity index (χ1n) is 12.6. The van der Waals surface area contributed by atoms with Gasteiger partial charge in [-0.25, -0.2) is 4.79 Å². The van der Waals surface area contributed by atoms with Gasteiger partial charge < -0.3 is 9.84 Å². The largest absolute Gasteiger partial charge is 0.508 e. The molecule has 39 heavy (non-hydrogen) atoms. The summed E-state index contributed by atoms with van der Waals surface area (Å²) in [6.07, 6.45) is 0.777. The van der Waals surface area contributed by atoms with Gasteiger partial charge in [-0.05, 0) is 41.8 Å². The Hall–Kier alpha value is -3.68. The maximum Gasteiger partial charge on any atom is 0.387 e. The molecule has 0 spiro atoms. The van der Waals surface area contributed by atoms with Gasteiger partial charge >= 0.3 is 17.8 Å². The van der Waals surface area contributed by atoms with Crippen LogP contribution in [-0.4, -0.2) is 16.9 Å². The van der Waals surface area contributed by atoms with Crippen LogP contribution in [0.1, 0.15) is 69.7 Å². The van der Waals surface area contributed by atoms with Crippen LogP contribution < -0.4 is 4.74 Å². The zero-order chi connectivity index (χ0) is 29.2. The second-order valence-electron chi connectivity index (χ2n) is 10.8. The molecule has 0 heterocycles. The molecule has 0 aliphatic carbocycles. The van der Waals surface area contributed by atoms with Gasteiger partial charge in [0.05, 0.1) is 0 Å². The summed E-state index contributed by atoms with van der Waals surface area (Å²) in [5.74, 6) is -11.1. The van der Waals surface area contributed by atoms with E-state index in [1.54, 1.807) is 43.3 Å². The summed E-state index contributed by atoms with van der Waals surface area (Å²) in [6, 6.07) is 15.6. The molecule has 1 N–H and O–H groups in total. The SMILES string of the molecule is CCCC(C)(C)C(=O)C(F)(F)c1ccc(C(F)(F)C(=O)Oc2ccc(C(C)(C)c3ccc(O)cc3)cc2)cc1. The van der Waals surface area contributed by atoms with Crippen LogP contribution in [0, 0.1) is 5.41 Å². The maximum atomic E-state index is 14.9. The van der Waals surface area contributed by atoms with Crippen molar-refractivity contribution in [2.45, 2.75) is 64.7 Å². The van der Waals surface area contributed by atoms with Gasteiger partial charge in [0.15, 0.2) is 0 Å². The Balaban J connectivity index is 1.75. The summed E-state index contributed by atoms with van der Waals surface area (Å²) in [5, 5.41) is 9.52. The Labute approximate surface area is 225 Å². The highest BCUT2D eigenvalue weighted by atomic mass is 19.3. The number of esters is 1. The quantitative estimate of drug-likeness (QED) is 0.160. The number of aromatic hydroxyl groups is 1. The lowest BCUT2D eigenvalue weighted by atomic mass is 9.78. The van der Waals surface area contributed by atoms with Gasteiger partial charge in [0.2, 0.25) is 5.78 Å². The lowest BCUT2D eigenvalue weighted by molar-refractivity contribution is -0.163. The first-order valence-corrected chi connectivity index (χ1v) is 12.6. The summed E-state index contributed by atoms with van der Waals surface area (Å²) < 4.78 is 64.4. The fourth-order valence-electron chi connectivity index (χ4n) is 4.46. The van der Waals surface area contributed by atoms with Crippen LogP contribution in [0.3, 0.4) is 0 Å². The summed E-state index contributed by atoms with van der Waals surface area (Å²) in [6.45, 7) is 8.51. The van der Waals surface area contributed by atoms with Crippen LogP contribution in [0.15, 0.2) is 72.8 Å². The summed E-state index contributed by atoms with van der Waals surface area (Å²) in [5.41, 5.74) is -1.63. The normalized spacial score (nSPS) is 12.7. The lowest BCUT2D eigenvalue weighted by Gasteiger charge is -2.28. The molecule has 0 unspecified atom stereocenters.